The fourth-order valence-corrected chi connectivity index (χ4v) is 2.67. The maximum absolute atomic E-state index is 5.89. The van der Waals surface area contributed by atoms with Crippen LogP contribution in [0.1, 0.15) is 24.8 Å². The number of pyridine rings is 1. The molecule has 22 heavy (non-hydrogen) atoms. The first-order valence-electron chi connectivity index (χ1n) is 8.12. The molecule has 0 amide bonds. The van der Waals surface area contributed by atoms with Crippen molar-refractivity contribution in [3.63, 3.8) is 0 Å². The van der Waals surface area contributed by atoms with E-state index in [2.05, 4.69) is 26.3 Å². The van der Waals surface area contributed by atoms with Crippen molar-refractivity contribution in [2.24, 2.45) is 16.6 Å². The number of nitrogens with two attached hydrogens (primary N) is 1. The number of aliphatic imine (C=N–C) groups is 1. The molecule has 6 heteroatoms. The molecule has 3 N–H and O–H groups in total. The predicted molar refractivity (Wildman–Crippen MR) is 87.9 cm³/mol. The second-order valence-corrected chi connectivity index (χ2v) is 6.00. The van der Waals surface area contributed by atoms with Crippen molar-refractivity contribution in [1.29, 1.82) is 0 Å². The van der Waals surface area contributed by atoms with E-state index in [1.807, 2.05) is 12.3 Å². The Labute approximate surface area is 131 Å². The molecule has 0 radical (unpaired) electrons. The molecular formula is C16H25N5O. The van der Waals surface area contributed by atoms with Gasteiger partial charge in [-0.2, -0.15) is 0 Å². The summed E-state index contributed by atoms with van der Waals surface area (Å²) in [6.45, 7) is 4.88. The number of anilines is 1. The van der Waals surface area contributed by atoms with Crippen molar-refractivity contribution in [3.8, 4) is 0 Å². The van der Waals surface area contributed by atoms with Gasteiger partial charge in [-0.3, -0.25) is 0 Å². The molecule has 3 rings (SSSR count). The number of hydrogen-bond acceptors (Lipinski definition) is 4. The van der Waals surface area contributed by atoms with Crippen molar-refractivity contribution >= 4 is 11.8 Å². The topological polar surface area (TPSA) is 75.8 Å². The molecule has 1 saturated carbocycles. The average molecular weight is 303 g/mol. The zero-order valence-corrected chi connectivity index (χ0v) is 13.0. The summed E-state index contributed by atoms with van der Waals surface area (Å²) < 4.78 is 5.35. The average Bonchev–Trinajstić information content (AvgIpc) is 2.53. The Morgan fingerprint density at radius 1 is 1.36 bits per heavy atom. The third-order valence-electron chi connectivity index (χ3n) is 4.37. The van der Waals surface area contributed by atoms with E-state index in [0.717, 1.165) is 50.1 Å². The molecule has 6 nitrogen and oxygen atoms in total. The van der Waals surface area contributed by atoms with E-state index < -0.39 is 0 Å². The number of nitrogens with zero attached hydrogens (tertiary/aromatic N) is 3. The van der Waals surface area contributed by atoms with Crippen LogP contribution in [0, 0.1) is 5.92 Å². The summed E-state index contributed by atoms with van der Waals surface area (Å²) in [5.41, 5.74) is 6.97. The summed E-state index contributed by atoms with van der Waals surface area (Å²) in [6, 6.07) is 4.12. The molecule has 1 aromatic heterocycles. The van der Waals surface area contributed by atoms with Gasteiger partial charge in [0.15, 0.2) is 5.96 Å². The highest BCUT2D eigenvalue weighted by Gasteiger charge is 2.16. The number of aromatic nitrogens is 1. The largest absolute Gasteiger partial charge is 0.378 e. The Balaban J connectivity index is 1.47. The fourth-order valence-electron chi connectivity index (χ4n) is 2.67. The van der Waals surface area contributed by atoms with E-state index in [0.29, 0.717) is 12.5 Å². The minimum Gasteiger partial charge on any atom is -0.378 e. The van der Waals surface area contributed by atoms with Crippen molar-refractivity contribution in [2.75, 3.05) is 37.7 Å². The van der Waals surface area contributed by atoms with Gasteiger partial charge in [-0.15, -0.1) is 0 Å². The molecule has 120 valence electrons. The molecule has 0 bridgehead atoms. The van der Waals surface area contributed by atoms with Gasteiger partial charge in [-0.05, 0) is 30.4 Å². The lowest BCUT2D eigenvalue weighted by Crippen LogP contribution is -2.37. The van der Waals surface area contributed by atoms with E-state index >= 15 is 0 Å². The first-order valence-corrected chi connectivity index (χ1v) is 8.12. The van der Waals surface area contributed by atoms with Crippen molar-refractivity contribution in [3.05, 3.63) is 23.9 Å². The molecule has 1 aromatic rings. The number of rotatable bonds is 5. The summed E-state index contributed by atoms with van der Waals surface area (Å²) >= 11 is 0. The highest BCUT2D eigenvalue weighted by Crippen LogP contribution is 2.25. The Hall–Kier alpha value is -1.82. The zero-order chi connectivity index (χ0) is 15.2. The summed E-state index contributed by atoms with van der Waals surface area (Å²) in [6.07, 6.45) is 5.86. The summed E-state index contributed by atoms with van der Waals surface area (Å²) in [5.74, 6) is 2.32. The van der Waals surface area contributed by atoms with Crippen LogP contribution < -0.4 is 16.0 Å². The second-order valence-electron chi connectivity index (χ2n) is 6.00. The summed E-state index contributed by atoms with van der Waals surface area (Å²) in [4.78, 5) is 11.1. The minimum atomic E-state index is 0.532. The van der Waals surface area contributed by atoms with E-state index in [1.54, 1.807) is 0 Å². The molecule has 2 heterocycles. The maximum atomic E-state index is 5.89. The van der Waals surface area contributed by atoms with Gasteiger partial charge >= 0.3 is 0 Å². The van der Waals surface area contributed by atoms with Crippen molar-refractivity contribution in [2.45, 2.75) is 25.8 Å². The van der Waals surface area contributed by atoms with Gasteiger partial charge in [0.1, 0.15) is 5.82 Å². The highest BCUT2D eigenvalue weighted by atomic mass is 16.5. The van der Waals surface area contributed by atoms with Crippen LogP contribution in [0.5, 0.6) is 0 Å². The fraction of sp³-hybridized carbons (Fsp3) is 0.625. The lowest BCUT2D eigenvalue weighted by atomic mass is 9.85. The van der Waals surface area contributed by atoms with Crippen LogP contribution in [-0.4, -0.2) is 43.8 Å². The molecule has 2 aliphatic rings. The van der Waals surface area contributed by atoms with Gasteiger partial charge in [0.25, 0.3) is 0 Å². The Kier molecular flexibility index (Phi) is 5.11. The molecule has 1 aliphatic carbocycles. The van der Waals surface area contributed by atoms with Gasteiger partial charge in [-0.25, -0.2) is 9.98 Å². The van der Waals surface area contributed by atoms with Gasteiger partial charge in [0, 0.05) is 25.8 Å². The van der Waals surface area contributed by atoms with Gasteiger partial charge in [-0.1, -0.05) is 12.5 Å². The molecule has 0 atom stereocenters. The number of guanidine groups is 1. The molecule has 2 fully saturated rings. The zero-order valence-electron chi connectivity index (χ0n) is 13.0. The van der Waals surface area contributed by atoms with Gasteiger partial charge in [0.05, 0.1) is 19.8 Å². The van der Waals surface area contributed by atoms with Crippen LogP contribution in [-0.2, 0) is 11.3 Å². The first kappa shape index (κ1) is 15.1. The predicted octanol–water partition coefficient (Wildman–Crippen LogP) is 1.12. The minimum absolute atomic E-state index is 0.532. The molecule has 0 spiro atoms. The van der Waals surface area contributed by atoms with Crippen LogP contribution in [0.4, 0.5) is 5.82 Å². The van der Waals surface area contributed by atoms with Crippen LogP contribution >= 0.6 is 0 Å². The number of hydrogen-bond donors (Lipinski definition) is 2. The Morgan fingerprint density at radius 3 is 2.82 bits per heavy atom. The van der Waals surface area contributed by atoms with Crippen molar-refractivity contribution in [1.82, 2.24) is 10.3 Å². The number of ether oxygens (including phenoxy) is 1. The number of nitrogens with one attached hydrogen (secondary N) is 1. The summed E-state index contributed by atoms with van der Waals surface area (Å²) in [7, 11) is 0. The second kappa shape index (κ2) is 7.45. The molecular weight excluding hydrogens is 278 g/mol. The van der Waals surface area contributed by atoms with Crippen LogP contribution in [0.3, 0.4) is 0 Å². The third kappa shape index (κ3) is 4.10. The van der Waals surface area contributed by atoms with Crippen LogP contribution in [0.2, 0.25) is 0 Å². The summed E-state index contributed by atoms with van der Waals surface area (Å²) in [5, 5.41) is 3.20. The van der Waals surface area contributed by atoms with Crippen molar-refractivity contribution < 1.29 is 4.74 Å². The Bertz CT molecular complexity index is 492. The SMILES string of the molecule is NC(=NCc1ccc(N2CCOCC2)nc1)NCC1CCC1. The smallest absolute Gasteiger partial charge is 0.188 e. The van der Waals surface area contributed by atoms with Crippen LogP contribution in [0.25, 0.3) is 0 Å². The van der Waals surface area contributed by atoms with E-state index in [4.69, 9.17) is 10.5 Å². The molecule has 1 aliphatic heterocycles. The molecule has 0 unspecified atom stereocenters. The van der Waals surface area contributed by atoms with E-state index in [-0.39, 0.29) is 0 Å². The lowest BCUT2D eigenvalue weighted by Gasteiger charge is -2.27. The van der Waals surface area contributed by atoms with Crippen LogP contribution in [0.15, 0.2) is 23.3 Å². The first-order chi connectivity index (χ1) is 10.8. The molecule has 0 aromatic carbocycles. The maximum Gasteiger partial charge on any atom is 0.188 e. The van der Waals surface area contributed by atoms with Gasteiger partial charge in [0.2, 0.25) is 0 Å². The van der Waals surface area contributed by atoms with Gasteiger partial charge < -0.3 is 20.7 Å². The highest BCUT2D eigenvalue weighted by molar-refractivity contribution is 5.77. The Morgan fingerprint density at radius 2 is 2.18 bits per heavy atom. The third-order valence-corrected chi connectivity index (χ3v) is 4.37. The van der Waals surface area contributed by atoms with E-state index in [1.165, 1.54) is 19.3 Å². The molecule has 1 saturated heterocycles. The normalized spacial score (nSPS) is 19.8. The lowest BCUT2D eigenvalue weighted by molar-refractivity contribution is 0.122. The standard InChI is InChI=1S/C16H25N5O/c17-16(19-10-13-2-1-3-13)20-12-14-4-5-15(18-11-14)21-6-8-22-9-7-21/h4-5,11,13H,1-3,6-10,12H2,(H3,17,19,20). The number of morpholine rings is 1. The monoisotopic (exact) mass is 303 g/mol. The van der Waals surface area contributed by atoms with E-state index in [9.17, 15) is 0 Å². The quantitative estimate of drug-likeness (QED) is 0.630.